The summed E-state index contributed by atoms with van der Waals surface area (Å²) >= 11 is 6.38. The molecule has 1 unspecified atom stereocenters. The van der Waals surface area contributed by atoms with Crippen LogP contribution in [0.15, 0.2) is 72.8 Å². The quantitative estimate of drug-likeness (QED) is 0.154. The fourth-order valence-electron chi connectivity index (χ4n) is 5.08. The number of ether oxygens (including phenoxy) is 1. The molecule has 3 aromatic carbocycles. The van der Waals surface area contributed by atoms with Crippen LogP contribution in [0.5, 0.6) is 5.75 Å². The molecule has 0 saturated carbocycles. The molecule has 0 bridgehead atoms. The van der Waals surface area contributed by atoms with Crippen LogP contribution in [-0.2, 0) is 16.0 Å². The van der Waals surface area contributed by atoms with Gasteiger partial charge in [-0.15, -0.1) is 0 Å². The largest absolute Gasteiger partial charge is 0.496 e. The standard InChI is InChI=1S/C36H46ClN5O5/c1-7-38-36(46)32(22(2)3)42-33(43)24(5)39-21-29(17-25-13-9-8-10-14-25)41-35(45)27-18-26(19-28(37)20-27)34(44)40-23(4)30-15-11-12-16-31(30)47-6/h8-16,18-20,22-24,29,32,39H,7,17,21H2,1-6H3,(H,38,46)(H,40,44)(H,41,45)(H,42,43)/t23?,24-,29-,32-/m0/s1. The van der Waals surface area contributed by atoms with E-state index in [1.807, 2.05) is 82.3 Å². The van der Waals surface area contributed by atoms with E-state index in [0.29, 0.717) is 18.7 Å². The number of carbonyl (C=O) groups is 4. The number of methoxy groups -OCH3 is 1. The number of benzene rings is 3. The molecule has 11 heteroatoms. The Bertz CT molecular complexity index is 1520. The van der Waals surface area contributed by atoms with Crippen LogP contribution in [0.3, 0.4) is 0 Å². The summed E-state index contributed by atoms with van der Waals surface area (Å²) in [7, 11) is 1.57. The van der Waals surface area contributed by atoms with Gasteiger partial charge in [-0.1, -0.05) is 74.0 Å². The topological polar surface area (TPSA) is 138 Å². The van der Waals surface area contributed by atoms with E-state index in [0.717, 1.165) is 11.1 Å². The molecule has 0 radical (unpaired) electrons. The lowest BCUT2D eigenvalue weighted by Gasteiger charge is -2.25. The Morgan fingerprint density at radius 3 is 2.02 bits per heavy atom. The van der Waals surface area contributed by atoms with Crippen molar-refractivity contribution in [3.63, 3.8) is 0 Å². The highest BCUT2D eigenvalue weighted by molar-refractivity contribution is 6.31. The Labute approximate surface area is 282 Å². The zero-order chi connectivity index (χ0) is 34.5. The van der Waals surface area contributed by atoms with Crippen LogP contribution in [0, 0.1) is 5.92 Å². The lowest BCUT2D eigenvalue weighted by Crippen LogP contribution is -2.55. The third kappa shape index (κ3) is 11.1. The van der Waals surface area contributed by atoms with E-state index >= 15 is 0 Å². The molecule has 0 fully saturated rings. The first-order valence-electron chi connectivity index (χ1n) is 15.8. The summed E-state index contributed by atoms with van der Waals surface area (Å²) in [6.45, 7) is 9.84. The third-order valence-electron chi connectivity index (χ3n) is 7.70. The van der Waals surface area contributed by atoms with Crippen molar-refractivity contribution < 1.29 is 23.9 Å². The molecule has 5 N–H and O–H groups in total. The van der Waals surface area contributed by atoms with Crippen LogP contribution in [0.2, 0.25) is 5.02 Å². The van der Waals surface area contributed by atoms with Gasteiger partial charge >= 0.3 is 0 Å². The number of likely N-dealkylation sites (N-methyl/N-ethyl adjacent to an activating group) is 1. The summed E-state index contributed by atoms with van der Waals surface area (Å²) in [5, 5.41) is 15.0. The summed E-state index contributed by atoms with van der Waals surface area (Å²) in [6.07, 6.45) is 0.478. The smallest absolute Gasteiger partial charge is 0.251 e. The number of hydrogen-bond acceptors (Lipinski definition) is 6. The van der Waals surface area contributed by atoms with Crippen LogP contribution in [0.25, 0.3) is 0 Å². The van der Waals surface area contributed by atoms with Gasteiger partial charge in [0.25, 0.3) is 11.8 Å². The second-order valence-electron chi connectivity index (χ2n) is 11.8. The molecule has 10 nitrogen and oxygen atoms in total. The van der Waals surface area contributed by atoms with Crippen LogP contribution >= 0.6 is 11.6 Å². The molecule has 0 aromatic heterocycles. The maximum atomic E-state index is 13.6. The Morgan fingerprint density at radius 1 is 0.787 bits per heavy atom. The minimum Gasteiger partial charge on any atom is -0.496 e. The average Bonchev–Trinajstić information content (AvgIpc) is 3.05. The van der Waals surface area contributed by atoms with Crippen molar-refractivity contribution in [2.45, 2.75) is 65.2 Å². The highest BCUT2D eigenvalue weighted by atomic mass is 35.5. The number of para-hydroxylation sites is 1. The molecule has 0 spiro atoms. The number of nitrogens with one attached hydrogen (secondary N) is 5. The van der Waals surface area contributed by atoms with E-state index in [1.54, 1.807) is 14.0 Å². The van der Waals surface area contributed by atoms with Gasteiger partial charge in [-0.25, -0.2) is 0 Å². The van der Waals surface area contributed by atoms with Gasteiger partial charge in [-0.2, -0.15) is 0 Å². The molecule has 0 aliphatic carbocycles. The van der Waals surface area contributed by atoms with Gasteiger partial charge in [0, 0.05) is 40.8 Å². The van der Waals surface area contributed by atoms with Gasteiger partial charge in [0.15, 0.2) is 0 Å². The molecule has 0 aliphatic rings. The van der Waals surface area contributed by atoms with E-state index in [2.05, 4.69) is 26.6 Å². The zero-order valence-electron chi connectivity index (χ0n) is 27.9. The van der Waals surface area contributed by atoms with Crippen molar-refractivity contribution in [2.75, 3.05) is 20.2 Å². The first-order chi connectivity index (χ1) is 22.4. The molecule has 4 amide bonds. The monoisotopic (exact) mass is 663 g/mol. The van der Waals surface area contributed by atoms with Gasteiger partial charge in [-0.05, 0) is 62.9 Å². The van der Waals surface area contributed by atoms with Crippen molar-refractivity contribution >= 4 is 35.2 Å². The molecule has 0 saturated heterocycles. The number of amides is 4. The van der Waals surface area contributed by atoms with E-state index in [4.69, 9.17) is 16.3 Å². The van der Waals surface area contributed by atoms with E-state index in [1.165, 1.54) is 18.2 Å². The maximum absolute atomic E-state index is 13.6. The van der Waals surface area contributed by atoms with E-state index < -0.39 is 29.9 Å². The van der Waals surface area contributed by atoms with Crippen LogP contribution in [-0.4, -0.2) is 62.0 Å². The molecule has 252 valence electrons. The normalized spacial score (nSPS) is 13.5. The van der Waals surface area contributed by atoms with Crippen molar-refractivity contribution in [2.24, 2.45) is 5.92 Å². The molecular formula is C36H46ClN5O5. The number of rotatable bonds is 16. The predicted octanol–water partition coefficient (Wildman–Crippen LogP) is 4.44. The first-order valence-corrected chi connectivity index (χ1v) is 16.2. The van der Waals surface area contributed by atoms with Gasteiger partial charge in [0.2, 0.25) is 11.8 Å². The van der Waals surface area contributed by atoms with E-state index in [9.17, 15) is 19.2 Å². The van der Waals surface area contributed by atoms with Crippen LogP contribution < -0.4 is 31.3 Å². The summed E-state index contributed by atoms with van der Waals surface area (Å²) in [5.41, 5.74) is 2.26. The molecule has 47 heavy (non-hydrogen) atoms. The second kappa shape index (κ2) is 18.1. The third-order valence-corrected chi connectivity index (χ3v) is 7.92. The average molecular weight is 664 g/mol. The number of carbonyl (C=O) groups excluding carboxylic acids is 4. The lowest BCUT2D eigenvalue weighted by molar-refractivity contribution is -0.130. The van der Waals surface area contributed by atoms with Crippen molar-refractivity contribution in [1.29, 1.82) is 0 Å². The Kier molecular flexibility index (Phi) is 14.2. The summed E-state index contributed by atoms with van der Waals surface area (Å²) in [4.78, 5) is 52.3. The number of halogens is 1. The maximum Gasteiger partial charge on any atom is 0.251 e. The summed E-state index contributed by atoms with van der Waals surface area (Å²) in [6, 6.07) is 19.5. The fraction of sp³-hybridized carbons (Fsp3) is 0.389. The molecular weight excluding hydrogens is 618 g/mol. The number of hydrogen-bond donors (Lipinski definition) is 5. The minimum absolute atomic E-state index is 0.100. The van der Waals surface area contributed by atoms with Gasteiger partial charge in [0.05, 0.1) is 19.2 Å². The molecule has 0 heterocycles. The SMILES string of the molecule is CCNC(=O)[C@@H](NC(=O)[C@H](C)NC[C@H](Cc1ccccc1)NC(=O)c1cc(Cl)cc(C(=O)NC(C)c2ccccc2OC)c1)C(C)C. The zero-order valence-corrected chi connectivity index (χ0v) is 28.6. The van der Waals surface area contributed by atoms with Crippen molar-refractivity contribution in [3.05, 3.63) is 100 Å². The predicted molar refractivity (Wildman–Crippen MR) is 185 cm³/mol. The lowest BCUT2D eigenvalue weighted by atomic mass is 10.0. The highest BCUT2D eigenvalue weighted by Crippen LogP contribution is 2.25. The van der Waals surface area contributed by atoms with E-state index in [-0.39, 0.29) is 46.5 Å². The van der Waals surface area contributed by atoms with Gasteiger partial charge < -0.3 is 31.3 Å². The Balaban J connectivity index is 1.73. The molecule has 3 aromatic rings. The fourth-order valence-corrected chi connectivity index (χ4v) is 5.32. The Morgan fingerprint density at radius 2 is 1.40 bits per heavy atom. The van der Waals surface area contributed by atoms with Crippen molar-refractivity contribution in [3.8, 4) is 5.75 Å². The molecule has 0 aliphatic heterocycles. The molecule has 4 atom stereocenters. The summed E-state index contributed by atoms with van der Waals surface area (Å²) in [5.74, 6) is -0.825. The van der Waals surface area contributed by atoms with Crippen LogP contribution in [0.1, 0.15) is 72.5 Å². The van der Waals surface area contributed by atoms with Gasteiger partial charge in [-0.3, -0.25) is 19.2 Å². The summed E-state index contributed by atoms with van der Waals surface area (Å²) < 4.78 is 5.43. The van der Waals surface area contributed by atoms with Crippen molar-refractivity contribution in [1.82, 2.24) is 26.6 Å². The molecule has 3 rings (SSSR count). The second-order valence-corrected chi connectivity index (χ2v) is 12.2. The van der Waals surface area contributed by atoms with Gasteiger partial charge in [0.1, 0.15) is 11.8 Å². The minimum atomic E-state index is -0.668. The highest BCUT2D eigenvalue weighted by Gasteiger charge is 2.26. The van der Waals surface area contributed by atoms with Crippen LogP contribution in [0.4, 0.5) is 0 Å². The Hall–Kier alpha value is -4.41. The first kappa shape index (κ1) is 37.1.